The fourth-order valence-electron chi connectivity index (χ4n) is 2.73. The van der Waals surface area contributed by atoms with E-state index in [4.69, 9.17) is 0 Å². The number of hydrogen-bond acceptors (Lipinski definition) is 5. The fourth-order valence-corrected chi connectivity index (χ4v) is 4.46. The first-order valence-corrected chi connectivity index (χ1v) is 8.64. The van der Waals surface area contributed by atoms with E-state index in [-0.39, 0.29) is 23.5 Å². The van der Waals surface area contributed by atoms with Crippen molar-refractivity contribution >= 4 is 26.8 Å². The van der Waals surface area contributed by atoms with Crippen molar-refractivity contribution in [1.29, 1.82) is 0 Å². The first kappa shape index (κ1) is 14.0. The molecule has 21 heavy (non-hydrogen) atoms. The standard InChI is InChI=1S/C13H16N4O3S/c1-2-17(10-5-6-21(19,20)8-10)13(18)9-3-4-11-12(7-9)15-16-14-11/h3-4,7,10H,2,5-6,8H2,1H3,(H,14,15,16). The van der Waals surface area contributed by atoms with Crippen LogP contribution in [0.5, 0.6) is 0 Å². The lowest BCUT2D eigenvalue weighted by molar-refractivity contribution is 0.0708. The van der Waals surface area contributed by atoms with E-state index in [1.807, 2.05) is 6.92 Å². The van der Waals surface area contributed by atoms with Crippen LogP contribution in [0.1, 0.15) is 23.7 Å². The Morgan fingerprint density at radius 1 is 1.38 bits per heavy atom. The number of aromatic amines is 1. The van der Waals surface area contributed by atoms with E-state index >= 15 is 0 Å². The average molecular weight is 308 g/mol. The molecule has 3 rings (SSSR count). The molecule has 0 aliphatic carbocycles. The number of aromatic nitrogens is 3. The van der Waals surface area contributed by atoms with Gasteiger partial charge in [-0.05, 0) is 31.5 Å². The summed E-state index contributed by atoms with van der Waals surface area (Å²) in [6.45, 7) is 2.34. The zero-order valence-electron chi connectivity index (χ0n) is 11.6. The van der Waals surface area contributed by atoms with Crippen molar-refractivity contribution in [3.63, 3.8) is 0 Å². The monoisotopic (exact) mass is 308 g/mol. The second-order valence-electron chi connectivity index (χ2n) is 5.18. The van der Waals surface area contributed by atoms with Crippen molar-refractivity contribution < 1.29 is 13.2 Å². The number of amides is 1. The number of benzene rings is 1. The topological polar surface area (TPSA) is 96.0 Å². The molecular formula is C13H16N4O3S. The molecule has 1 aliphatic rings. The summed E-state index contributed by atoms with van der Waals surface area (Å²) in [5, 5.41) is 10.4. The largest absolute Gasteiger partial charge is 0.335 e. The number of sulfone groups is 1. The molecule has 2 heterocycles. The molecule has 2 aromatic rings. The predicted octanol–water partition coefficient (Wildman–Crippen LogP) is 0.607. The molecule has 1 fully saturated rings. The SMILES string of the molecule is CCN(C(=O)c1ccc2n[nH]nc2c1)C1CCS(=O)(=O)C1. The molecule has 8 heteroatoms. The van der Waals surface area contributed by atoms with Gasteiger partial charge >= 0.3 is 0 Å². The fraction of sp³-hybridized carbons (Fsp3) is 0.462. The Hall–Kier alpha value is -1.96. The molecule has 1 N–H and O–H groups in total. The van der Waals surface area contributed by atoms with Crippen LogP contribution in [0.3, 0.4) is 0 Å². The predicted molar refractivity (Wildman–Crippen MR) is 77.7 cm³/mol. The molecule has 1 unspecified atom stereocenters. The van der Waals surface area contributed by atoms with Crippen molar-refractivity contribution in [3.05, 3.63) is 23.8 Å². The number of hydrogen-bond donors (Lipinski definition) is 1. The molecule has 1 amide bonds. The minimum Gasteiger partial charge on any atom is -0.335 e. The number of nitrogens with zero attached hydrogens (tertiary/aromatic N) is 3. The first-order valence-electron chi connectivity index (χ1n) is 6.82. The molecule has 0 spiro atoms. The molecule has 1 atom stereocenters. The van der Waals surface area contributed by atoms with Gasteiger partial charge in [0.2, 0.25) is 0 Å². The third kappa shape index (κ3) is 2.63. The zero-order valence-corrected chi connectivity index (χ0v) is 12.4. The molecule has 1 aliphatic heterocycles. The van der Waals surface area contributed by atoms with Gasteiger partial charge in [-0.2, -0.15) is 15.4 Å². The van der Waals surface area contributed by atoms with Crippen LogP contribution in [0.2, 0.25) is 0 Å². The Morgan fingerprint density at radius 2 is 2.14 bits per heavy atom. The number of nitrogens with one attached hydrogen (secondary N) is 1. The summed E-state index contributed by atoms with van der Waals surface area (Å²) in [7, 11) is -3.01. The summed E-state index contributed by atoms with van der Waals surface area (Å²) in [5.41, 5.74) is 1.82. The third-order valence-electron chi connectivity index (χ3n) is 3.81. The Balaban J connectivity index is 1.88. The Labute approximate surface area is 122 Å². The van der Waals surface area contributed by atoms with E-state index in [9.17, 15) is 13.2 Å². The lowest BCUT2D eigenvalue weighted by Gasteiger charge is -2.26. The minimum atomic E-state index is -3.01. The van der Waals surface area contributed by atoms with E-state index in [1.165, 1.54) is 0 Å². The van der Waals surface area contributed by atoms with E-state index in [0.29, 0.717) is 29.6 Å². The van der Waals surface area contributed by atoms with Gasteiger partial charge in [0.25, 0.3) is 5.91 Å². The molecule has 1 saturated heterocycles. The van der Waals surface area contributed by atoms with Gasteiger partial charge in [-0.15, -0.1) is 0 Å². The number of H-pyrrole nitrogens is 1. The maximum atomic E-state index is 12.6. The highest BCUT2D eigenvalue weighted by Gasteiger charge is 2.34. The lowest BCUT2D eigenvalue weighted by Crippen LogP contribution is -2.40. The van der Waals surface area contributed by atoms with Crippen LogP contribution in [-0.4, -0.2) is 58.7 Å². The first-order chi connectivity index (χ1) is 10.00. The van der Waals surface area contributed by atoms with Crippen LogP contribution in [0.4, 0.5) is 0 Å². The van der Waals surface area contributed by atoms with Gasteiger partial charge in [-0.3, -0.25) is 4.79 Å². The summed E-state index contributed by atoms with van der Waals surface area (Å²) in [4.78, 5) is 14.2. The van der Waals surface area contributed by atoms with Crippen LogP contribution in [0.25, 0.3) is 11.0 Å². The van der Waals surface area contributed by atoms with Crippen molar-refractivity contribution in [3.8, 4) is 0 Å². The molecular weight excluding hydrogens is 292 g/mol. The van der Waals surface area contributed by atoms with Crippen LogP contribution in [0.15, 0.2) is 18.2 Å². The molecule has 112 valence electrons. The number of rotatable bonds is 3. The molecule has 0 saturated carbocycles. The third-order valence-corrected chi connectivity index (χ3v) is 5.56. The summed E-state index contributed by atoms with van der Waals surface area (Å²) in [6, 6.07) is 4.86. The summed E-state index contributed by atoms with van der Waals surface area (Å²) >= 11 is 0. The van der Waals surface area contributed by atoms with Crippen molar-refractivity contribution in [2.24, 2.45) is 0 Å². The molecule has 1 aromatic heterocycles. The minimum absolute atomic E-state index is 0.0543. The van der Waals surface area contributed by atoms with Crippen LogP contribution in [-0.2, 0) is 9.84 Å². The molecule has 7 nitrogen and oxygen atoms in total. The number of carbonyl (C=O) groups is 1. The highest BCUT2D eigenvalue weighted by Crippen LogP contribution is 2.21. The second-order valence-corrected chi connectivity index (χ2v) is 7.40. The average Bonchev–Trinajstić information content (AvgIpc) is 3.05. The summed E-state index contributed by atoms with van der Waals surface area (Å²) < 4.78 is 23.2. The Kier molecular flexibility index (Phi) is 3.40. The molecule has 0 radical (unpaired) electrons. The van der Waals surface area contributed by atoms with Crippen LogP contribution in [0, 0.1) is 0 Å². The number of carbonyl (C=O) groups excluding carboxylic acids is 1. The van der Waals surface area contributed by atoms with Gasteiger partial charge < -0.3 is 4.90 Å². The number of fused-ring (bicyclic) bond motifs is 1. The summed E-state index contributed by atoms with van der Waals surface area (Å²) in [5.74, 6) is 0.0484. The van der Waals surface area contributed by atoms with Crippen LogP contribution >= 0.6 is 0 Å². The Bertz CT molecular complexity index is 784. The van der Waals surface area contributed by atoms with E-state index in [1.54, 1.807) is 23.1 Å². The normalized spacial score (nSPS) is 20.7. The zero-order chi connectivity index (χ0) is 15.0. The quantitative estimate of drug-likeness (QED) is 0.896. The molecule has 0 bridgehead atoms. The van der Waals surface area contributed by atoms with Gasteiger partial charge in [0, 0.05) is 18.2 Å². The highest BCUT2D eigenvalue weighted by molar-refractivity contribution is 7.91. The Morgan fingerprint density at radius 3 is 2.81 bits per heavy atom. The van der Waals surface area contributed by atoms with Gasteiger partial charge in [-0.1, -0.05) is 0 Å². The van der Waals surface area contributed by atoms with E-state index in [2.05, 4.69) is 15.4 Å². The summed E-state index contributed by atoms with van der Waals surface area (Å²) in [6.07, 6.45) is 0.508. The van der Waals surface area contributed by atoms with Crippen LogP contribution < -0.4 is 0 Å². The van der Waals surface area contributed by atoms with Crippen molar-refractivity contribution in [2.45, 2.75) is 19.4 Å². The van der Waals surface area contributed by atoms with Crippen molar-refractivity contribution in [1.82, 2.24) is 20.3 Å². The lowest BCUT2D eigenvalue weighted by atomic mass is 10.1. The van der Waals surface area contributed by atoms with E-state index < -0.39 is 9.84 Å². The smallest absolute Gasteiger partial charge is 0.254 e. The highest BCUT2D eigenvalue weighted by atomic mass is 32.2. The maximum absolute atomic E-state index is 12.6. The van der Waals surface area contributed by atoms with Gasteiger partial charge in [0.05, 0.1) is 11.5 Å². The maximum Gasteiger partial charge on any atom is 0.254 e. The van der Waals surface area contributed by atoms with Gasteiger partial charge in [-0.25, -0.2) is 8.42 Å². The molecule has 1 aromatic carbocycles. The van der Waals surface area contributed by atoms with Gasteiger partial charge in [0.15, 0.2) is 9.84 Å². The van der Waals surface area contributed by atoms with Gasteiger partial charge in [0.1, 0.15) is 11.0 Å². The second kappa shape index (κ2) is 5.10. The van der Waals surface area contributed by atoms with Crippen molar-refractivity contribution in [2.75, 3.05) is 18.1 Å². The van der Waals surface area contributed by atoms with E-state index in [0.717, 1.165) is 0 Å².